The van der Waals surface area contributed by atoms with Crippen molar-refractivity contribution in [1.29, 1.82) is 0 Å². The summed E-state index contributed by atoms with van der Waals surface area (Å²) < 4.78 is 32.7. The van der Waals surface area contributed by atoms with Crippen LogP contribution in [0.2, 0.25) is 0 Å². The van der Waals surface area contributed by atoms with Crippen LogP contribution in [0.3, 0.4) is 0 Å². The lowest BCUT2D eigenvalue weighted by Gasteiger charge is -2.39. The van der Waals surface area contributed by atoms with Crippen LogP contribution < -0.4 is 19.6 Å². The van der Waals surface area contributed by atoms with Crippen molar-refractivity contribution in [3.05, 3.63) is 46.8 Å². The molecule has 0 radical (unpaired) electrons. The second kappa shape index (κ2) is 12.8. The van der Waals surface area contributed by atoms with E-state index in [9.17, 15) is 50.8 Å². The fourth-order valence-electron chi connectivity index (χ4n) is 5.01. The molecule has 5 rings (SSSR count). The van der Waals surface area contributed by atoms with Gasteiger partial charge in [0.05, 0.1) is 25.9 Å². The van der Waals surface area contributed by atoms with Crippen molar-refractivity contribution in [2.45, 2.75) is 61.4 Å². The van der Waals surface area contributed by atoms with Crippen LogP contribution in [0.1, 0.15) is 0 Å². The van der Waals surface area contributed by atoms with Gasteiger partial charge in [0.15, 0.2) is 11.5 Å². The van der Waals surface area contributed by atoms with Crippen molar-refractivity contribution in [3.63, 3.8) is 0 Å². The molecule has 1 aromatic heterocycles. The fraction of sp³-hybridized carbons (Fsp3) is 0.464. The number of methoxy groups -OCH3 is 1. The number of hydrogen-bond donors (Lipinski definition) is 9. The minimum atomic E-state index is -1.75. The highest BCUT2D eigenvalue weighted by Gasteiger charge is 2.46. The smallest absolute Gasteiger partial charge is 0.229 e. The van der Waals surface area contributed by atoms with Gasteiger partial charge in [0, 0.05) is 6.07 Å². The fourth-order valence-corrected chi connectivity index (χ4v) is 5.01. The largest absolute Gasteiger partial charge is 0.504 e. The van der Waals surface area contributed by atoms with E-state index in [1.165, 1.54) is 37.4 Å². The third kappa shape index (κ3) is 5.68. The molecule has 0 saturated carbocycles. The summed E-state index contributed by atoms with van der Waals surface area (Å²) in [6, 6.07) is 7.00. The molecule has 2 aliphatic heterocycles. The first-order chi connectivity index (χ1) is 21.0. The summed E-state index contributed by atoms with van der Waals surface area (Å²) in [6.07, 6.45) is -14.2. The minimum Gasteiger partial charge on any atom is -0.504 e. The Labute approximate surface area is 248 Å². The summed E-state index contributed by atoms with van der Waals surface area (Å²) in [6.45, 7) is -1.32. The van der Waals surface area contributed by atoms with E-state index in [0.717, 1.165) is 6.26 Å². The second-order valence-corrected chi connectivity index (χ2v) is 10.3. The van der Waals surface area contributed by atoms with E-state index in [2.05, 4.69) is 0 Å². The molecule has 2 saturated heterocycles. The molecule has 0 unspecified atom stereocenters. The lowest BCUT2D eigenvalue weighted by atomic mass is 9.99. The Kier molecular flexibility index (Phi) is 9.28. The molecule has 44 heavy (non-hydrogen) atoms. The Bertz CT molecular complexity index is 1500. The van der Waals surface area contributed by atoms with Crippen molar-refractivity contribution in [2.24, 2.45) is 0 Å². The minimum absolute atomic E-state index is 0.0249. The van der Waals surface area contributed by atoms with E-state index in [-0.39, 0.29) is 33.8 Å². The van der Waals surface area contributed by atoms with Gasteiger partial charge in [-0.05, 0) is 17.7 Å². The topological polar surface area (TPSA) is 258 Å². The van der Waals surface area contributed by atoms with E-state index in [0.29, 0.717) is 5.56 Å². The summed E-state index contributed by atoms with van der Waals surface area (Å²) in [7, 11) is 1.18. The Balaban J connectivity index is 1.41. The molecule has 9 N–H and O–H groups in total. The lowest BCUT2D eigenvalue weighted by molar-refractivity contribution is -0.277. The highest BCUT2D eigenvalue weighted by molar-refractivity contribution is 5.91. The van der Waals surface area contributed by atoms with Gasteiger partial charge in [0.1, 0.15) is 71.8 Å². The molecule has 0 spiro atoms. The van der Waals surface area contributed by atoms with Crippen molar-refractivity contribution in [3.8, 4) is 34.1 Å². The molecule has 0 amide bonds. The number of rotatable bonds is 8. The van der Waals surface area contributed by atoms with Crippen LogP contribution >= 0.6 is 0 Å². The van der Waals surface area contributed by atoms with Gasteiger partial charge in [-0.15, -0.1) is 0 Å². The molecule has 0 aliphatic carbocycles. The SMILES string of the molecule is COc1c(O[C@@H]2O[C@H](CO)[C@@H](O)[C@H](O)[C@H]2O)cc2occ(-c3ccc(O[C@@H]4O[C@H](CO)[C@@H](O)[C@H](O)[C@H]4O)cc3)c(=O)c2c1O. The summed E-state index contributed by atoms with van der Waals surface area (Å²) in [5.41, 5.74) is -0.443. The van der Waals surface area contributed by atoms with Gasteiger partial charge in [0.25, 0.3) is 0 Å². The number of phenolic OH excluding ortho intramolecular Hbond substituents is 1. The number of phenols is 1. The van der Waals surface area contributed by atoms with Gasteiger partial charge in [-0.3, -0.25) is 4.79 Å². The van der Waals surface area contributed by atoms with E-state index in [1.54, 1.807) is 0 Å². The molecular weight excluding hydrogens is 592 g/mol. The molecular formula is C28H32O16. The molecule has 10 atom stereocenters. The van der Waals surface area contributed by atoms with Crippen LogP contribution in [0.25, 0.3) is 22.1 Å². The van der Waals surface area contributed by atoms with Gasteiger partial charge < -0.3 is 74.1 Å². The molecule has 3 heterocycles. The van der Waals surface area contributed by atoms with E-state index >= 15 is 0 Å². The number of ether oxygens (including phenoxy) is 5. The first-order valence-electron chi connectivity index (χ1n) is 13.4. The summed E-state index contributed by atoms with van der Waals surface area (Å²) >= 11 is 0. The predicted molar refractivity (Wildman–Crippen MR) is 145 cm³/mol. The average molecular weight is 625 g/mol. The molecule has 2 aromatic carbocycles. The molecule has 0 bridgehead atoms. The maximum atomic E-state index is 13.5. The Morgan fingerprint density at radius 2 is 1.32 bits per heavy atom. The quantitative estimate of drug-likeness (QED) is 0.126. The summed E-state index contributed by atoms with van der Waals surface area (Å²) in [5, 5.41) is 90.0. The molecule has 2 fully saturated rings. The van der Waals surface area contributed by atoms with E-state index in [1.807, 2.05) is 0 Å². The van der Waals surface area contributed by atoms with Crippen molar-refractivity contribution < 1.29 is 74.1 Å². The van der Waals surface area contributed by atoms with Gasteiger partial charge in [0.2, 0.25) is 23.8 Å². The second-order valence-electron chi connectivity index (χ2n) is 10.3. The number of benzene rings is 2. The zero-order valence-corrected chi connectivity index (χ0v) is 23.0. The number of aliphatic hydroxyl groups excluding tert-OH is 8. The monoisotopic (exact) mass is 624 g/mol. The van der Waals surface area contributed by atoms with Crippen LogP contribution in [-0.4, -0.2) is 128 Å². The maximum absolute atomic E-state index is 13.5. The molecule has 3 aromatic rings. The van der Waals surface area contributed by atoms with Crippen LogP contribution in [-0.2, 0) is 9.47 Å². The first-order valence-corrected chi connectivity index (χ1v) is 13.4. The zero-order chi connectivity index (χ0) is 31.9. The lowest BCUT2D eigenvalue weighted by Crippen LogP contribution is -2.60. The Hall–Kier alpha value is -3.55. The van der Waals surface area contributed by atoms with Crippen LogP contribution in [0.5, 0.6) is 23.0 Å². The van der Waals surface area contributed by atoms with E-state index < -0.39 is 85.8 Å². The van der Waals surface area contributed by atoms with Crippen LogP contribution in [0.4, 0.5) is 0 Å². The Morgan fingerprint density at radius 1 is 0.773 bits per heavy atom. The zero-order valence-electron chi connectivity index (χ0n) is 23.0. The van der Waals surface area contributed by atoms with Gasteiger partial charge in [-0.1, -0.05) is 12.1 Å². The molecule has 16 nitrogen and oxygen atoms in total. The first kappa shape index (κ1) is 31.9. The van der Waals surface area contributed by atoms with Crippen molar-refractivity contribution in [2.75, 3.05) is 20.3 Å². The Morgan fingerprint density at radius 3 is 1.84 bits per heavy atom. The molecule has 16 heteroatoms. The van der Waals surface area contributed by atoms with Crippen molar-refractivity contribution in [1.82, 2.24) is 0 Å². The van der Waals surface area contributed by atoms with Crippen LogP contribution in [0, 0.1) is 0 Å². The van der Waals surface area contributed by atoms with E-state index in [4.69, 9.17) is 28.1 Å². The third-order valence-corrected chi connectivity index (χ3v) is 7.52. The molecule has 2 aliphatic rings. The van der Waals surface area contributed by atoms with Gasteiger partial charge in [-0.2, -0.15) is 0 Å². The number of hydrogen-bond acceptors (Lipinski definition) is 16. The summed E-state index contributed by atoms with van der Waals surface area (Å²) in [4.78, 5) is 13.5. The van der Waals surface area contributed by atoms with Gasteiger partial charge >= 0.3 is 0 Å². The highest BCUT2D eigenvalue weighted by Crippen LogP contribution is 2.43. The third-order valence-electron chi connectivity index (χ3n) is 7.52. The predicted octanol–water partition coefficient (Wildman–Crippen LogP) is -2.47. The number of aromatic hydroxyl groups is 1. The maximum Gasteiger partial charge on any atom is 0.229 e. The highest BCUT2D eigenvalue weighted by atomic mass is 16.7. The normalized spacial score (nSPS) is 32.4. The molecule has 240 valence electrons. The number of aliphatic hydroxyl groups is 8. The van der Waals surface area contributed by atoms with Crippen molar-refractivity contribution >= 4 is 11.0 Å². The van der Waals surface area contributed by atoms with Crippen LogP contribution in [0.15, 0.2) is 45.8 Å². The van der Waals surface area contributed by atoms with Gasteiger partial charge in [-0.25, -0.2) is 0 Å². The standard InChI is InChI=1S/C28H32O16/c1-39-26-14(42-28-25(38)23(36)20(33)16(8-30)44-28)6-13-17(21(26)34)18(31)12(9-40-13)10-2-4-11(5-3-10)41-27-24(37)22(35)19(32)15(7-29)43-27/h2-6,9,15-16,19-20,22-25,27-30,32-38H,7-8H2,1H3/t15-,16-,19-,20-,22+,23+,24-,25-,27-,28-/m1/s1. The average Bonchev–Trinajstić information content (AvgIpc) is 3.02. The summed E-state index contributed by atoms with van der Waals surface area (Å²) in [5.74, 6) is -1.08. The number of fused-ring (bicyclic) bond motifs is 1.